The summed E-state index contributed by atoms with van der Waals surface area (Å²) in [5.41, 5.74) is 5.67. The van der Waals surface area contributed by atoms with Crippen LogP contribution in [0.5, 0.6) is 0 Å². The van der Waals surface area contributed by atoms with Crippen molar-refractivity contribution in [2.24, 2.45) is 5.92 Å². The van der Waals surface area contributed by atoms with Crippen LogP contribution in [0.4, 0.5) is 0 Å². The first-order chi connectivity index (χ1) is 5.25. The van der Waals surface area contributed by atoms with Crippen molar-refractivity contribution >= 4 is 5.97 Å². The van der Waals surface area contributed by atoms with Crippen molar-refractivity contribution in [3.05, 3.63) is 0 Å². The van der Waals surface area contributed by atoms with E-state index in [1.807, 2.05) is 0 Å². The fraction of sp³-hybridized carbons (Fsp3) is 0.857. The molecule has 1 aliphatic carbocycles. The molecule has 0 aromatic heterocycles. The minimum Gasteiger partial charge on any atom is -0.481 e. The van der Waals surface area contributed by atoms with Crippen molar-refractivity contribution < 1.29 is 9.90 Å². The number of carboxylic acid groups (broad SMARTS) is 1. The van der Waals surface area contributed by atoms with Crippen LogP contribution in [0.2, 0.25) is 0 Å². The number of carbonyl (C=O) groups is 1. The maximum atomic E-state index is 10.7. The van der Waals surface area contributed by atoms with E-state index in [1.54, 1.807) is 0 Å². The van der Waals surface area contributed by atoms with E-state index in [1.165, 1.54) is 0 Å². The van der Waals surface area contributed by atoms with E-state index < -0.39 is 5.97 Å². The summed E-state index contributed by atoms with van der Waals surface area (Å²) in [6, 6.07) is 0. The topological polar surface area (TPSA) is 81.2 Å². The summed E-state index contributed by atoms with van der Waals surface area (Å²) in [5.74, 6) is -0.904. The minimum absolute atomic E-state index is 0.226. The maximum Gasteiger partial charge on any atom is 0.309 e. The number of aliphatic carboxylic acids is 1. The fourth-order valence-electron chi connectivity index (χ4n) is 1.89. The van der Waals surface area contributed by atoms with Gasteiger partial charge in [-0.05, 0) is 12.8 Å². The van der Waals surface area contributed by atoms with Crippen LogP contribution < -0.4 is 10.9 Å². The predicted molar refractivity (Wildman–Crippen MR) is 38.6 cm³/mol. The molecule has 4 nitrogen and oxygen atoms in total. The van der Waals surface area contributed by atoms with Crippen molar-refractivity contribution in [3.8, 4) is 0 Å². The summed E-state index contributed by atoms with van der Waals surface area (Å²) in [6.45, 7) is 0. The molecule has 1 saturated carbocycles. The molecule has 1 aliphatic heterocycles. The Morgan fingerprint density at radius 3 is 2.64 bits per heavy atom. The number of hydrogen-bond donors (Lipinski definition) is 3. The van der Waals surface area contributed by atoms with E-state index >= 15 is 0 Å². The molecule has 4 heteroatoms. The Kier molecular flexibility index (Phi) is 1.40. The Hall–Kier alpha value is -0.610. The molecule has 2 rings (SSSR count). The summed E-state index contributed by atoms with van der Waals surface area (Å²) < 4.78 is 0. The first kappa shape index (κ1) is 7.06. The molecule has 2 aliphatic rings. The van der Waals surface area contributed by atoms with Crippen molar-refractivity contribution in [2.45, 2.75) is 31.3 Å². The molecule has 0 aromatic carbocycles. The Morgan fingerprint density at radius 1 is 1.45 bits per heavy atom. The van der Waals surface area contributed by atoms with E-state index in [0.29, 0.717) is 0 Å². The summed E-state index contributed by atoms with van der Waals surface area (Å²) in [4.78, 5) is 10.7. The second kappa shape index (κ2) is 2.19. The van der Waals surface area contributed by atoms with E-state index in [0.717, 1.165) is 25.7 Å². The lowest BCUT2D eigenvalue weighted by atomic mass is 9.82. The lowest BCUT2D eigenvalue weighted by Crippen LogP contribution is -2.38. The lowest BCUT2D eigenvalue weighted by Gasteiger charge is -2.24. The first-order valence-electron chi connectivity index (χ1n) is 4.02. The zero-order valence-corrected chi connectivity index (χ0v) is 6.26. The number of hydrogen-bond acceptors (Lipinski definition) is 3. The van der Waals surface area contributed by atoms with E-state index in [-0.39, 0.29) is 11.6 Å². The third-order valence-corrected chi connectivity index (χ3v) is 2.65. The Bertz CT molecular complexity index is 189. The normalized spacial score (nSPS) is 33.6. The summed E-state index contributed by atoms with van der Waals surface area (Å²) in [7, 11) is 0. The lowest BCUT2D eigenvalue weighted by molar-refractivity contribution is -0.144. The molecule has 1 saturated heterocycles. The van der Waals surface area contributed by atoms with E-state index in [4.69, 9.17) is 5.11 Å². The van der Waals surface area contributed by atoms with Crippen LogP contribution in [0, 0.1) is 5.92 Å². The van der Waals surface area contributed by atoms with Crippen molar-refractivity contribution in [2.75, 3.05) is 0 Å². The van der Waals surface area contributed by atoms with Gasteiger partial charge in [-0.1, -0.05) is 12.8 Å². The molecule has 1 unspecified atom stereocenters. The summed E-state index contributed by atoms with van der Waals surface area (Å²) >= 11 is 0. The third kappa shape index (κ3) is 1.02. The predicted octanol–water partition coefficient (Wildman–Crippen LogP) is 0.0653. The van der Waals surface area contributed by atoms with Crippen LogP contribution in [-0.4, -0.2) is 16.7 Å². The molecule has 1 heterocycles. The van der Waals surface area contributed by atoms with Gasteiger partial charge in [-0.25, -0.2) is 10.9 Å². The molecular formula is C7H12N2O2. The molecule has 62 valence electrons. The average Bonchev–Trinajstić information content (AvgIpc) is 2.70. The number of nitrogens with one attached hydrogen (secondary N) is 2. The number of carboxylic acids is 1. The van der Waals surface area contributed by atoms with Gasteiger partial charge in [0.15, 0.2) is 0 Å². The number of rotatable bonds is 1. The molecule has 1 atom stereocenters. The highest BCUT2D eigenvalue weighted by Gasteiger charge is 2.53. The highest BCUT2D eigenvalue weighted by atomic mass is 16.4. The molecular weight excluding hydrogens is 144 g/mol. The monoisotopic (exact) mass is 156 g/mol. The van der Waals surface area contributed by atoms with Crippen LogP contribution >= 0.6 is 0 Å². The van der Waals surface area contributed by atoms with Crippen LogP contribution in [-0.2, 0) is 4.79 Å². The Morgan fingerprint density at radius 2 is 2.18 bits per heavy atom. The quantitative estimate of drug-likeness (QED) is 0.469. The smallest absolute Gasteiger partial charge is 0.309 e. The van der Waals surface area contributed by atoms with Crippen molar-refractivity contribution in [1.29, 1.82) is 0 Å². The van der Waals surface area contributed by atoms with Crippen LogP contribution in [0.25, 0.3) is 0 Å². The van der Waals surface area contributed by atoms with E-state index in [9.17, 15) is 4.79 Å². The Labute approximate surface area is 64.9 Å². The molecule has 3 N–H and O–H groups in total. The van der Waals surface area contributed by atoms with Gasteiger partial charge in [-0.3, -0.25) is 4.79 Å². The number of hydrazine groups is 1. The SMILES string of the molecule is O=C(O)C1CCCCC12NN2. The minimum atomic E-state index is -0.679. The molecule has 0 amide bonds. The second-order valence-corrected chi connectivity index (χ2v) is 3.36. The highest BCUT2D eigenvalue weighted by molar-refractivity contribution is 5.72. The maximum absolute atomic E-state index is 10.7. The molecule has 0 radical (unpaired) electrons. The van der Waals surface area contributed by atoms with Crippen LogP contribution in [0.15, 0.2) is 0 Å². The van der Waals surface area contributed by atoms with Gasteiger partial charge in [0.25, 0.3) is 0 Å². The van der Waals surface area contributed by atoms with E-state index in [2.05, 4.69) is 10.9 Å². The second-order valence-electron chi connectivity index (χ2n) is 3.36. The van der Waals surface area contributed by atoms with Gasteiger partial charge in [-0.2, -0.15) is 0 Å². The first-order valence-corrected chi connectivity index (χ1v) is 4.02. The van der Waals surface area contributed by atoms with Gasteiger partial charge < -0.3 is 5.11 Å². The molecule has 2 fully saturated rings. The van der Waals surface area contributed by atoms with Gasteiger partial charge in [-0.15, -0.1) is 0 Å². The van der Waals surface area contributed by atoms with Gasteiger partial charge >= 0.3 is 5.97 Å². The Balaban J connectivity index is 2.10. The van der Waals surface area contributed by atoms with Crippen molar-refractivity contribution in [3.63, 3.8) is 0 Å². The molecule has 0 aromatic rings. The molecule has 11 heavy (non-hydrogen) atoms. The van der Waals surface area contributed by atoms with Crippen LogP contribution in [0.1, 0.15) is 25.7 Å². The van der Waals surface area contributed by atoms with Gasteiger partial charge in [0.05, 0.1) is 5.92 Å². The molecule has 1 spiro atoms. The largest absolute Gasteiger partial charge is 0.481 e. The standard InChI is InChI=1S/C7H12N2O2/c10-6(11)5-3-1-2-4-7(5)8-9-7/h5,8-9H,1-4H2,(H,10,11). The average molecular weight is 156 g/mol. The molecule has 0 bridgehead atoms. The van der Waals surface area contributed by atoms with Crippen molar-refractivity contribution in [1.82, 2.24) is 10.9 Å². The summed E-state index contributed by atoms with van der Waals surface area (Å²) in [5, 5.41) is 8.83. The van der Waals surface area contributed by atoms with Gasteiger partial charge in [0.2, 0.25) is 0 Å². The zero-order valence-electron chi connectivity index (χ0n) is 6.26. The van der Waals surface area contributed by atoms with Crippen LogP contribution in [0.3, 0.4) is 0 Å². The van der Waals surface area contributed by atoms with Gasteiger partial charge in [0, 0.05) is 0 Å². The third-order valence-electron chi connectivity index (χ3n) is 2.65. The summed E-state index contributed by atoms with van der Waals surface area (Å²) in [6.07, 6.45) is 3.92. The highest BCUT2D eigenvalue weighted by Crippen LogP contribution is 2.36. The fourth-order valence-corrected chi connectivity index (χ4v) is 1.89. The van der Waals surface area contributed by atoms with Gasteiger partial charge in [0.1, 0.15) is 5.66 Å². The zero-order chi connectivity index (χ0) is 7.90.